The third-order valence-corrected chi connectivity index (χ3v) is 3.26. The summed E-state index contributed by atoms with van der Waals surface area (Å²) in [6.45, 7) is 1.76. The molecule has 1 rings (SSSR count). The third kappa shape index (κ3) is 5.66. The molecule has 0 aromatic heterocycles. The molecule has 0 aliphatic carbocycles. The van der Waals surface area contributed by atoms with Gasteiger partial charge in [-0.3, -0.25) is 25.0 Å². The number of non-ortho nitro benzene ring substituents is 1. The minimum absolute atomic E-state index is 0.128. The fourth-order valence-electron chi connectivity index (χ4n) is 1.61. The molecule has 132 valence electrons. The smallest absolute Gasteiger partial charge is 0.317 e. The van der Waals surface area contributed by atoms with Crippen molar-refractivity contribution >= 4 is 52.1 Å². The molecular formula is C12H12Cl3N3O6. The Morgan fingerprint density at radius 3 is 2.38 bits per heavy atom. The highest BCUT2D eigenvalue weighted by atomic mass is 35.6. The standard InChI is InChI=1S/C12H12Cl3N3O6/c1-2-3-10(19)16-11(12(13,14)15)24-9-5-4-7(17(20)21)6-8(9)18(22)23/h4-6,11H,2-3H2,1H3,(H,16,19)/t11-/m1/s1. The van der Waals surface area contributed by atoms with Crippen molar-refractivity contribution in [2.75, 3.05) is 0 Å². The van der Waals surface area contributed by atoms with E-state index in [0.717, 1.165) is 12.1 Å². The van der Waals surface area contributed by atoms with Crippen LogP contribution < -0.4 is 10.1 Å². The molecule has 0 unspecified atom stereocenters. The van der Waals surface area contributed by atoms with Crippen molar-refractivity contribution < 1.29 is 19.4 Å². The summed E-state index contributed by atoms with van der Waals surface area (Å²) in [4.78, 5) is 31.8. The third-order valence-electron chi connectivity index (χ3n) is 2.66. The Kier molecular flexibility index (Phi) is 7.00. The number of ether oxygens (including phenoxy) is 1. The van der Waals surface area contributed by atoms with Crippen molar-refractivity contribution in [3.63, 3.8) is 0 Å². The van der Waals surface area contributed by atoms with Gasteiger partial charge in [0.25, 0.3) is 5.69 Å². The highest BCUT2D eigenvalue weighted by molar-refractivity contribution is 6.68. The quantitative estimate of drug-likeness (QED) is 0.323. The van der Waals surface area contributed by atoms with Gasteiger partial charge < -0.3 is 10.1 Å². The molecule has 0 aliphatic heterocycles. The average molecular weight is 401 g/mol. The number of carbonyl (C=O) groups is 1. The number of nitro groups is 2. The lowest BCUT2D eigenvalue weighted by molar-refractivity contribution is -0.394. The molecule has 1 aromatic carbocycles. The largest absolute Gasteiger partial charge is 0.459 e. The number of benzene rings is 1. The van der Waals surface area contributed by atoms with E-state index in [1.807, 2.05) is 0 Å². The van der Waals surface area contributed by atoms with Crippen LogP contribution in [-0.2, 0) is 4.79 Å². The fraction of sp³-hybridized carbons (Fsp3) is 0.417. The highest BCUT2D eigenvalue weighted by Crippen LogP contribution is 2.36. The lowest BCUT2D eigenvalue weighted by Crippen LogP contribution is -2.47. The summed E-state index contributed by atoms with van der Waals surface area (Å²) in [5, 5.41) is 24.1. The van der Waals surface area contributed by atoms with Crippen LogP contribution in [-0.4, -0.2) is 25.8 Å². The van der Waals surface area contributed by atoms with Crippen molar-refractivity contribution in [3.8, 4) is 5.75 Å². The number of nitro benzene ring substituents is 2. The van der Waals surface area contributed by atoms with Gasteiger partial charge in [-0.2, -0.15) is 0 Å². The van der Waals surface area contributed by atoms with E-state index in [1.165, 1.54) is 0 Å². The molecule has 1 N–H and O–H groups in total. The van der Waals surface area contributed by atoms with Gasteiger partial charge in [-0.15, -0.1) is 0 Å². The lowest BCUT2D eigenvalue weighted by Gasteiger charge is -2.26. The van der Waals surface area contributed by atoms with Crippen LogP contribution in [0, 0.1) is 20.2 Å². The van der Waals surface area contributed by atoms with Gasteiger partial charge in [0.1, 0.15) is 0 Å². The van der Waals surface area contributed by atoms with Gasteiger partial charge in [0.15, 0.2) is 5.75 Å². The minimum atomic E-state index is -2.13. The van der Waals surface area contributed by atoms with E-state index in [9.17, 15) is 25.0 Å². The molecule has 12 heteroatoms. The average Bonchev–Trinajstić information content (AvgIpc) is 2.45. The highest BCUT2D eigenvalue weighted by Gasteiger charge is 2.37. The molecule has 0 aliphatic rings. The van der Waals surface area contributed by atoms with Crippen molar-refractivity contribution in [3.05, 3.63) is 38.4 Å². The van der Waals surface area contributed by atoms with Crippen LogP contribution in [0.4, 0.5) is 11.4 Å². The molecule has 0 bridgehead atoms. The first-order valence-corrected chi connectivity index (χ1v) is 7.65. The van der Waals surface area contributed by atoms with Crippen LogP contribution in [0.1, 0.15) is 19.8 Å². The Hall–Kier alpha value is -1.84. The number of halogens is 3. The van der Waals surface area contributed by atoms with E-state index in [0.29, 0.717) is 12.5 Å². The van der Waals surface area contributed by atoms with Crippen LogP contribution in [0.5, 0.6) is 5.75 Å². The zero-order valence-electron chi connectivity index (χ0n) is 12.2. The van der Waals surface area contributed by atoms with Crippen LogP contribution >= 0.6 is 34.8 Å². The Labute approximate surface area is 151 Å². The zero-order chi connectivity index (χ0) is 18.5. The van der Waals surface area contributed by atoms with Gasteiger partial charge in [0.05, 0.1) is 15.9 Å². The van der Waals surface area contributed by atoms with E-state index < -0.39 is 42.9 Å². The monoisotopic (exact) mass is 399 g/mol. The van der Waals surface area contributed by atoms with E-state index in [4.69, 9.17) is 39.5 Å². The number of rotatable bonds is 7. The van der Waals surface area contributed by atoms with E-state index in [-0.39, 0.29) is 6.42 Å². The van der Waals surface area contributed by atoms with Crippen molar-refractivity contribution in [1.82, 2.24) is 5.32 Å². The molecule has 0 saturated carbocycles. The maximum absolute atomic E-state index is 11.7. The minimum Gasteiger partial charge on any atom is -0.459 e. The van der Waals surface area contributed by atoms with Crippen molar-refractivity contribution in [1.29, 1.82) is 0 Å². The zero-order valence-corrected chi connectivity index (χ0v) is 14.5. The van der Waals surface area contributed by atoms with Crippen LogP contribution in [0.2, 0.25) is 0 Å². The Bertz CT molecular complexity index is 649. The second-order valence-corrected chi connectivity index (χ2v) is 6.89. The number of nitrogens with zero attached hydrogens (tertiary/aromatic N) is 2. The second-order valence-electron chi connectivity index (χ2n) is 4.52. The van der Waals surface area contributed by atoms with Gasteiger partial charge in [0.2, 0.25) is 15.9 Å². The summed E-state index contributed by atoms with van der Waals surface area (Å²) in [5.74, 6) is -0.878. The second kappa shape index (κ2) is 8.32. The molecule has 24 heavy (non-hydrogen) atoms. The van der Waals surface area contributed by atoms with Gasteiger partial charge >= 0.3 is 5.69 Å². The number of carbonyl (C=O) groups excluding carboxylic acids is 1. The molecule has 9 nitrogen and oxygen atoms in total. The van der Waals surface area contributed by atoms with Gasteiger partial charge in [-0.1, -0.05) is 41.7 Å². The molecule has 0 saturated heterocycles. The first kappa shape index (κ1) is 20.2. The van der Waals surface area contributed by atoms with Crippen molar-refractivity contribution in [2.24, 2.45) is 0 Å². The SMILES string of the molecule is CCCC(=O)N[C@H](Oc1ccc([N+](=O)[O-])cc1[N+](=O)[O-])C(Cl)(Cl)Cl. The molecule has 1 aromatic rings. The van der Waals surface area contributed by atoms with Gasteiger partial charge in [-0.05, 0) is 12.5 Å². The molecule has 0 spiro atoms. The number of alkyl halides is 3. The summed E-state index contributed by atoms with van der Waals surface area (Å²) in [6, 6.07) is 2.69. The molecule has 0 heterocycles. The van der Waals surface area contributed by atoms with Gasteiger partial charge in [0, 0.05) is 12.5 Å². The van der Waals surface area contributed by atoms with Crippen LogP contribution in [0.25, 0.3) is 0 Å². The number of amides is 1. The maximum atomic E-state index is 11.7. The van der Waals surface area contributed by atoms with E-state index >= 15 is 0 Å². The normalized spacial score (nSPS) is 12.3. The lowest BCUT2D eigenvalue weighted by atomic mass is 10.2. The summed E-state index contributed by atoms with van der Waals surface area (Å²) in [6.07, 6.45) is -0.874. The summed E-state index contributed by atoms with van der Waals surface area (Å²) < 4.78 is 3.11. The first-order valence-electron chi connectivity index (χ1n) is 6.51. The van der Waals surface area contributed by atoms with Crippen molar-refractivity contribution in [2.45, 2.75) is 29.8 Å². The molecule has 0 radical (unpaired) electrons. The summed E-state index contributed by atoms with van der Waals surface area (Å²) in [5.41, 5.74) is -1.21. The predicted molar refractivity (Wildman–Crippen MR) is 87.5 cm³/mol. The molecule has 1 amide bonds. The Morgan fingerprint density at radius 1 is 1.29 bits per heavy atom. The summed E-state index contributed by atoms with van der Waals surface area (Å²) >= 11 is 17.2. The Morgan fingerprint density at radius 2 is 1.92 bits per heavy atom. The number of hydrogen-bond donors (Lipinski definition) is 1. The predicted octanol–water partition coefficient (Wildman–Crippen LogP) is 3.49. The molecular weight excluding hydrogens is 389 g/mol. The van der Waals surface area contributed by atoms with Crippen LogP contribution in [0.15, 0.2) is 18.2 Å². The fourth-order valence-corrected chi connectivity index (χ4v) is 1.91. The molecule has 0 fully saturated rings. The molecule has 1 atom stereocenters. The van der Waals surface area contributed by atoms with Crippen LogP contribution in [0.3, 0.4) is 0 Å². The van der Waals surface area contributed by atoms with E-state index in [2.05, 4.69) is 5.32 Å². The maximum Gasteiger partial charge on any atom is 0.317 e. The number of nitrogens with one attached hydrogen (secondary N) is 1. The van der Waals surface area contributed by atoms with Gasteiger partial charge in [-0.25, -0.2) is 0 Å². The van der Waals surface area contributed by atoms with E-state index in [1.54, 1.807) is 6.92 Å². The summed E-state index contributed by atoms with van der Waals surface area (Å²) in [7, 11) is 0. The number of hydrogen-bond acceptors (Lipinski definition) is 6. The topological polar surface area (TPSA) is 125 Å². The Balaban J connectivity index is 3.15. The first-order chi connectivity index (χ1) is 11.1.